The number of hydrogen-bond acceptors (Lipinski definition) is 5. The van der Waals surface area contributed by atoms with Crippen LogP contribution in [-0.2, 0) is 11.2 Å². The number of nitrogens with one attached hydrogen (secondary N) is 1. The summed E-state index contributed by atoms with van der Waals surface area (Å²) in [6.07, 6.45) is 0.786. The highest BCUT2D eigenvalue weighted by atomic mass is 32.1. The van der Waals surface area contributed by atoms with Crippen LogP contribution >= 0.6 is 11.3 Å². The lowest BCUT2D eigenvalue weighted by molar-refractivity contribution is -0.138. The van der Waals surface area contributed by atoms with Gasteiger partial charge in [0.2, 0.25) is 0 Å². The Morgan fingerprint density at radius 1 is 1.53 bits per heavy atom. The summed E-state index contributed by atoms with van der Waals surface area (Å²) in [6.45, 7) is 3.80. The molecular formula is C13H15N3O2S. The van der Waals surface area contributed by atoms with Crippen LogP contribution in [0.4, 0.5) is 5.82 Å². The Morgan fingerprint density at radius 3 is 2.89 bits per heavy atom. The molecule has 0 saturated carbocycles. The van der Waals surface area contributed by atoms with E-state index in [1.807, 2.05) is 18.4 Å². The van der Waals surface area contributed by atoms with Crippen LogP contribution in [0, 0.1) is 6.92 Å². The van der Waals surface area contributed by atoms with Crippen molar-refractivity contribution >= 4 is 23.1 Å². The van der Waals surface area contributed by atoms with Crippen molar-refractivity contribution in [3.8, 4) is 0 Å². The van der Waals surface area contributed by atoms with Crippen molar-refractivity contribution in [2.45, 2.75) is 26.3 Å². The van der Waals surface area contributed by atoms with Crippen LogP contribution in [0.3, 0.4) is 0 Å². The van der Waals surface area contributed by atoms with Crippen molar-refractivity contribution in [3.63, 3.8) is 0 Å². The predicted octanol–water partition coefficient (Wildman–Crippen LogP) is 2.65. The van der Waals surface area contributed by atoms with Gasteiger partial charge >= 0.3 is 5.97 Å². The van der Waals surface area contributed by atoms with E-state index in [0.29, 0.717) is 11.6 Å². The maximum Gasteiger partial charge on any atom is 0.331 e. The zero-order valence-corrected chi connectivity index (χ0v) is 11.6. The molecule has 0 saturated heterocycles. The summed E-state index contributed by atoms with van der Waals surface area (Å²) in [4.78, 5) is 20.6. The summed E-state index contributed by atoms with van der Waals surface area (Å²) < 4.78 is 0. The van der Waals surface area contributed by atoms with Crippen LogP contribution in [-0.4, -0.2) is 21.0 Å². The highest BCUT2D eigenvalue weighted by Gasteiger charge is 2.21. The number of nitrogens with zero attached hydrogens (tertiary/aromatic N) is 2. The molecule has 5 nitrogen and oxygen atoms in total. The molecule has 0 aliphatic heterocycles. The monoisotopic (exact) mass is 277 g/mol. The largest absolute Gasteiger partial charge is 0.479 e. The molecule has 0 radical (unpaired) electrons. The standard InChI is InChI=1S/C13H15N3O2S/c1-3-9-7-11(15-8(2)14-9)16-12(13(17)18)10-5-4-6-19-10/h4-7,12H,3H2,1-2H3,(H,17,18)(H,14,15,16). The topological polar surface area (TPSA) is 75.1 Å². The Balaban J connectivity index is 2.27. The third-order valence-corrected chi connectivity index (χ3v) is 3.56. The van der Waals surface area contributed by atoms with Gasteiger partial charge in [0.05, 0.1) is 0 Å². The molecule has 2 aromatic rings. The minimum absolute atomic E-state index is 0.546. The smallest absolute Gasteiger partial charge is 0.331 e. The molecule has 6 heteroatoms. The number of carboxylic acid groups (broad SMARTS) is 1. The van der Waals surface area contributed by atoms with Gasteiger partial charge in [-0.1, -0.05) is 13.0 Å². The molecule has 100 valence electrons. The van der Waals surface area contributed by atoms with Gasteiger partial charge in [0, 0.05) is 16.6 Å². The van der Waals surface area contributed by atoms with Gasteiger partial charge in [-0.05, 0) is 24.8 Å². The van der Waals surface area contributed by atoms with E-state index in [9.17, 15) is 9.90 Å². The average Bonchev–Trinajstić information content (AvgIpc) is 2.88. The van der Waals surface area contributed by atoms with Crippen molar-refractivity contribution < 1.29 is 9.90 Å². The number of aliphatic carboxylic acids is 1. The van der Waals surface area contributed by atoms with Gasteiger partial charge in [0.1, 0.15) is 11.6 Å². The molecular weight excluding hydrogens is 262 g/mol. The SMILES string of the molecule is CCc1cc(NC(C(=O)O)c2cccs2)nc(C)n1. The highest BCUT2D eigenvalue weighted by molar-refractivity contribution is 7.10. The van der Waals surface area contributed by atoms with Crippen LogP contribution in [0.15, 0.2) is 23.6 Å². The highest BCUT2D eigenvalue weighted by Crippen LogP contribution is 2.23. The molecule has 0 aromatic carbocycles. The van der Waals surface area contributed by atoms with Gasteiger partial charge in [0.15, 0.2) is 6.04 Å². The van der Waals surface area contributed by atoms with Crippen LogP contribution in [0.1, 0.15) is 29.4 Å². The number of thiophene rings is 1. The molecule has 2 aromatic heterocycles. The molecule has 2 N–H and O–H groups in total. The number of rotatable bonds is 5. The molecule has 2 rings (SSSR count). The molecule has 0 aliphatic rings. The van der Waals surface area contributed by atoms with Crippen molar-refractivity contribution in [1.29, 1.82) is 0 Å². The second-order valence-electron chi connectivity index (χ2n) is 4.08. The zero-order valence-electron chi connectivity index (χ0n) is 10.8. The summed E-state index contributed by atoms with van der Waals surface area (Å²) in [6, 6.07) is 4.64. The Hall–Kier alpha value is -1.95. The van der Waals surface area contributed by atoms with Gasteiger partial charge in [-0.2, -0.15) is 0 Å². The molecule has 0 aliphatic carbocycles. The fourth-order valence-electron chi connectivity index (χ4n) is 1.74. The van der Waals surface area contributed by atoms with E-state index in [1.54, 1.807) is 19.1 Å². The number of aryl methyl sites for hydroxylation is 2. The van der Waals surface area contributed by atoms with Crippen LogP contribution in [0.25, 0.3) is 0 Å². The lowest BCUT2D eigenvalue weighted by Gasteiger charge is -2.14. The van der Waals surface area contributed by atoms with E-state index in [4.69, 9.17) is 0 Å². The lowest BCUT2D eigenvalue weighted by atomic mass is 10.2. The van der Waals surface area contributed by atoms with Crippen molar-refractivity contribution in [3.05, 3.63) is 40.0 Å². The summed E-state index contributed by atoms with van der Waals surface area (Å²) in [5.74, 6) is 0.263. The molecule has 1 unspecified atom stereocenters. The fourth-order valence-corrected chi connectivity index (χ4v) is 2.51. The average molecular weight is 277 g/mol. The number of hydrogen-bond donors (Lipinski definition) is 2. The summed E-state index contributed by atoms with van der Waals surface area (Å²) in [7, 11) is 0. The third-order valence-electron chi connectivity index (χ3n) is 2.62. The minimum atomic E-state index is -0.920. The third kappa shape index (κ3) is 3.29. The summed E-state index contributed by atoms with van der Waals surface area (Å²) >= 11 is 1.41. The van der Waals surface area contributed by atoms with E-state index in [1.165, 1.54) is 11.3 Å². The molecule has 1 atom stereocenters. The predicted molar refractivity (Wildman–Crippen MR) is 74.5 cm³/mol. The molecule has 0 bridgehead atoms. The maximum atomic E-state index is 11.3. The molecule has 0 spiro atoms. The van der Waals surface area contributed by atoms with Gasteiger partial charge in [-0.15, -0.1) is 11.3 Å². The Bertz CT molecular complexity index is 569. The van der Waals surface area contributed by atoms with E-state index >= 15 is 0 Å². The van der Waals surface area contributed by atoms with Crippen LogP contribution < -0.4 is 5.32 Å². The summed E-state index contributed by atoms with van der Waals surface area (Å²) in [5.41, 5.74) is 0.894. The van der Waals surface area contributed by atoms with Crippen molar-refractivity contribution in [1.82, 2.24) is 9.97 Å². The van der Waals surface area contributed by atoms with Crippen molar-refractivity contribution in [2.75, 3.05) is 5.32 Å². The number of anilines is 1. The van der Waals surface area contributed by atoms with Gasteiger partial charge in [0.25, 0.3) is 0 Å². The molecule has 0 amide bonds. The van der Waals surface area contributed by atoms with Crippen LogP contribution in [0.5, 0.6) is 0 Å². The molecule has 2 heterocycles. The number of carbonyl (C=O) groups is 1. The quantitative estimate of drug-likeness (QED) is 0.878. The Kier molecular flexibility index (Phi) is 4.11. The first-order valence-corrected chi connectivity index (χ1v) is 6.85. The van der Waals surface area contributed by atoms with E-state index in [-0.39, 0.29) is 0 Å². The molecule has 0 fully saturated rings. The maximum absolute atomic E-state index is 11.3. The number of carboxylic acids is 1. The lowest BCUT2D eigenvalue weighted by Crippen LogP contribution is -2.20. The van der Waals surface area contributed by atoms with E-state index < -0.39 is 12.0 Å². The van der Waals surface area contributed by atoms with Crippen molar-refractivity contribution in [2.24, 2.45) is 0 Å². The van der Waals surface area contributed by atoms with Gasteiger partial charge in [-0.3, -0.25) is 0 Å². The fraction of sp³-hybridized carbons (Fsp3) is 0.308. The van der Waals surface area contributed by atoms with E-state index in [2.05, 4.69) is 15.3 Å². The summed E-state index contributed by atoms with van der Waals surface area (Å²) in [5, 5.41) is 14.1. The second kappa shape index (κ2) is 5.79. The van der Waals surface area contributed by atoms with Crippen LogP contribution in [0.2, 0.25) is 0 Å². The zero-order chi connectivity index (χ0) is 13.8. The normalized spacial score (nSPS) is 12.1. The first kappa shape index (κ1) is 13.5. The Morgan fingerprint density at radius 2 is 2.32 bits per heavy atom. The second-order valence-corrected chi connectivity index (χ2v) is 5.06. The number of aromatic nitrogens is 2. The van der Waals surface area contributed by atoms with Gasteiger partial charge in [-0.25, -0.2) is 14.8 Å². The Labute approximate surface area is 115 Å². The first-order valence-electron chi connectivity index (χ1n) is 5.97. The van der Waals surface area contributed by atoms with Gasteiger partial charge < -0.3 is 10.4 Å². The molecule has 19 heavy (non-hydrogen) atoms. The van der Waals surface area contributed by atoms with E-state index in [0.717, 1.165) is 17.0 Å². The minimum Gasteiger partial charge on any atom is -0.479 e. The first-order chi connectivity index (χ1) is 9.10.